The zero-order valence-electron chi connectivity index (χ0n) is 8.21. The van der Waals surface area contributed by atoms with E-state index in [9.17, 15) is 0 Å². The van der Waals surface area contributed by atoms with Crippen molar-refractivity contribution >= 4 is 27.7 Å². The Morgan fingerprint density at radius 2 is 1.79 bits per heavy atom. The van der Waals surface area contributed by atoms with Crippen LogP contribution in [-0.2, 0) is 0 Å². The zero-order valence-corrected chi connectivity index (χ0v) is 10.6. The number of hydrogen-bond acceptors (Lipinski definition) is 2. The van der Waals surface area contributed by atoms with Crippen LogP contribution in [0.1, 0.15) is 19.3 Å². The summed E-state index contributed by atoms with van der Waals surface area (Å²) in [6.07, 6.45) is 3.67. The summed E-state index contributed by atoms with van der Waals surface area (Å²) >= 11 is 5.34. The van der Waals surface area contributed by atoms with Crippen molar-refractivity contribution in [2.75, 3.05) is 12.3 Å². The van der Waals surface area contributed by atoms with Crippen molar-refractivity contribution in [3.05, 3.63) is 28.7 Å². The van der Waals surface area contributed by atoms with Gasteiger partial charge in [-0.15, -0.1) is 11.8 Å². The second-order valence-electron chi connectivity index (χ2n) is 3.15. The van der Waals surface area contributed by atoms with Crippen LogP contribution in [0.15, 0.2) is 33.6 Å². The maximum absolute atomic E-state index is 5.43. The van der Waals surface area contributed by atoms with Crippen molar-refractivity contribution in [3.63, 3.8) is 0 Å². The van der Waals surface area contributed by atoms with E-state index >= 15 is 0 Å². The van der Waals surface area contributed by atoms with E-state index in [0.717, 1.165) is 17.4 Å². The van der Waals surface area contributed by atoms with Gasteiger partial charge in [-0.3, -0.25) is 0 Å². The van der Waals surface area contributed by atoms with Gasteiger partial charge in [0.15, 0.2) is 0 Å². The van der Waals surface area contributed by atoms with E-state index < -0.39 is 0 Å². The van der Waals surface area contributed by atoms with Crippen LogP contribution in [0.25, 0.3) is 0 Å². The standard InChI is InChI=1S/C11H16BrNS/c12-10-4-6-11(7-5-10)14-9-3-1-2-8-13/h4-7H,1-3,8-9,13H2. The predicted molar refractivity (Wildman–Crippen MR) is 67.8 cm³/mol. The van der Waals surface area contributed by atoms with Gasteiger partial charge in [-0.1, -0.05) is 22.4 Å². The minimum absolute atomic E-state index is 0.822. The molecule has 3 heteroatoms. The molecule has 0 atom stereocenters. The van der Waals surface area contributed by atoms with Crippen molar-refractivity contribution in [2.45, 2.75) is 24.2 Å². The summed E-state index contributed by atoms with van der Waals surface area (Å²) in [5.74, 6) is 1.20. The first-order valence-corrected chi connectivity index (χ1v) is 6.69. The molecule has 1 nitrogen and oxygen atoms in total. The largest absolute Gasteiger partial charge is 0.330 e. The van der Waals surface area contributed by atoms with E-state index in [0.29, 0.717) is 0 Å². The Balaban J connectivity index is 2.15. The van der Waals surface area contributed by atoms with E-state index in [1.54, 1.807) is 0 Å². The predicted octanol–water partition coefficient (Wildman–Crippen LogP) is 3.67. The van der Waals surface area contributed by atoms with Crippen LogP contribution in [0.4, 0.5) is 0 Å². The molecule has 0 saturated heterocycles. The van der Waals surface area contributed by atoms with Crippen LogP contribution in [0.5, 0.6) is 0 Å². The molecular formula is C11H16BrNS. The third-order valence-corrected chi connectivity index (χ3v) is 3.56. The molecular weight excluding hydrogens is 258 g/mol. The highest BCUT2D eigenvalue weighted by Crippen LogP contribution is 2.21. The Kier molecular flexibility index (Phi) is 6.32. The summed E-state index contributed by atoms with van der Waals surface area (Å²) in [4.78, 5) is 1.35. The molecule has 0 radical (unpaired) electrons. The van der Waals surface area contributed by atoms with Gasteiger partial charge in [0.25, 0.3) is 0 Å². The van der Waals surface area contributed by atoms with Gasteiger partial charge in [-0.05, 0) is 49.4 Å². The molecule has 0 bridgehead atoms. The van der Waals surface area contributed by atoms with E-state index in [-0.39, 0.29) is 0 Å². The number of thioether (sulfide) groups is 1. The van der Waals surface area contributed by atoms with E-state index in [4.69, 9.17) is 5.73 Å². The van der Waals surface area contributed by atoms with Gasteiger partial charge in [-0.25, -0.2) is 0 Å². The lowest BCUT2D eigenvalue weighted by molar-refractivity contribution is 0.732. The molecule has 14 heavy (non-hydrogen) atoms. The zero-order chi connectivity index (χ0) is 10.2. The number of benzene rings is 1. The summed E-state index contributed by atoms with van der Waals surface area (Å²) in [6, 6.07) is 8.47. The quantitative estimate of drug-likeness (QED) is 0.632. The maximum atomic E-state index is 5.43. The van der Waals surface area contributed by atoms with Crippen LogP contribution in [0, 0.1) is 0 Å². The van der Waals surface area contributed by atoms with Crippen molar-refractivity contribution in [2.24, 2.45) is 5.73 Å². The van der Waals surface area contributed by atoms with Gasteiger partial charge in [0.1, 0.15) is 0 Å². The van der Waals surface area contributed by atoms with E-state index in [1.165, 1.54) is 23.5 Å². The summed E-state index contributed by atoms with van der Waals surface area (Å²) in [7, 11) is 0. The molecule has 1 rings (SSSR count). The van der Waals surface area contributed by atoms with Crippen molar-refractivity contribution in [1.82, 2.24) is 0 Å². The van der Waals surface area contributed by atoms with Crippen molar-refractivity contribution in [3.8, 4) is 0 Å². The lowest BCUT2D eigenvalue weighted by Crippen LogP contribution is -1.97. The van der Waals surface area contributed by atoms with Gasteiger partial charge in [0.2, 0.25) is 0 Å². The molecule has 78 valence electrons. The third kappa shape index (κ3) is 5.03. The van der Waals surface area contributed by atoms with Crippen LogP contribution < -0.4 is 5.73 Å². The molecule has 0 amide bonds. The summed E-state index contributed by atoms with van der Waals surface area (Å²) < 4.78 is 1.14. The Bertz CT molecular complexity index is 248. The molecule has 1 aromatic carbocycles. The van der Waals surface area contributed by atoms with Gasteiger partial charge in [-0.2, -0.15) is 0 Å². The molecule has 0 fully saturated rings. The first-order chi connectivity index (χ1) is 6.83. The van der Waals surface area contributed by atoms with Gasteiger partial charge in [0.05, 0.1) is 0 Å². The maximum Gasteiger partial charge on any atom is 0.0176 e. The molecule has 1 aromatic rings. The molecule has 0 unspecified atom stereocenters. The Morgan fingerprint density at radius 3 is 2.43 bits per heavy atom. The molecule has 0 aromatic heterocycles. The van der Waals surface area contributed by atoms with Gasteiger partial charge >= 0.3 is 0 Å². The van der Waals surface area contributed by atoms with Crippen molar-refractivity contribution in [1.29, 1.82) is 0 Å². The molecule has 0 saturated carbocycles. The van der Waals surface area contributed by atoms with Gasteiger partial charge in [0, 0.05) is 9.37 Å². The van der Waals surface area contributed by atoms with Crippen LogP contribution >= 0.6 is 27.7 Å². The lowest BCUT2D eigenvalue weighted by Gasteiger charge is -2.01. The molecule has 0 aliphatic carbocycles. The normalized spacial score (nSPS) is 10.4. The molecule has 0 aliphatic heterocycles. The van der Waals surface area contributed by atoms with E-state index in [1.807, 2.05) is 11.8 Å². The fourth-order valence-corrected chi connectivity index (χ4v) is 2.32. The third-order valence-electron chi connectivity index (χ3n) is 1.93. The minimum Gasteiger partial charge on any atom is -0.330 e. The first kappa shape index (κ1) is 12.1. The van der Waals surface area contributed by atoms with Crippen LogP contribution in [-0.4, -0.2) is 12.3 Å². The fourth-order valence-electron chi connectivity index (χ4n) is 1.14. The smallest absolute Gasteiger partial charge is 0.0176 e. The monoisotopic (exact) mass is 273 g/mol. The Labute approximate surface area is 98.6 Å². The second kappa shape index (κ2) is 7.32. The highest BCUT2D eigenvalue weighted by atomic mass is 79.9. The van der Waals surface area contributed by atoms with Gasteiger partial charge < -0.3 is 5.73 Å². The highest BCUT2D eigenvalue weighted by molar-refractivity contribution is 9.10. The van der Waals surface area contributed by atoms with Crippen LogP contribution in [0.2, 0.25) is 0 Å². The van der Waals surface area contributed by atoms with Crippen LogP contribution in [0.3, 0.4) is 0 Å². The van der Waals surface area contributed by atoms with E-state index in [2.05, 4.69) is 40.2 Å². The SMILES string of the molecule is NCCCCCSc1ccc(Br)cc1. The number of halogens is 1. The Hall–Kier alpha value is 0.01000. The number of rotatable bonds is 6. The summed E-state index contributed by atoms with van der Waals surface area (Å²) in [5, 5.41) is 0. The molecule has 2 N–H and O–H groups in total. The Morgan fingerprint density at radius 1 is 1.07 bits per heavy atom. The average molecular weight is 274 g/mol. The highest BCUT2D eigenvalue weighted by Gasteiger charge is 1.93. The number of unbranched alkanes of at least 4 members (excludes halogenated alkanes) is 2. The molecule has 0 heterocycles. The summed E-state index contributed by atoms with van der Waals surface area (Å²) in [6.45, 7) is 0.822. The number of nitrogens with two attached hydrogens (primary N) is 1. The first-order valence-electron chi connectivity index (χ1n) is 4.91. The number of hydrogen-bond donors (Lipinski definition) is 1. The summed E-state index contributed by atoms with van der Waals surface area (Å²) in [5.41, 5.74) is 5.43. The molecule has 0 spiro atoms. The van der Waals surface area contributed by atoms with Crippen molar-refractivity contribution < 1.29 is 0 Å². The fraction of sp³-hybridized carbons (Fsp3) is 0.455. The lowest BCUT2D eigenvalue weighted by atomic mass is 10.2. The second-order valence-corrected chi connectivity index (χ2v) is 5.24. The topological polar surface area (TPSA) is 26.0 Å². The average Bonchev–Trinajstić information content (AvgIpc) is 2.21. The molecule has 0 aliphatic rings. The minimum atomic E-state index is 0.822.